The van der Waals surface area contributed by atoms with Crippen LogP contribution in [0.15, 0.2) is 0 Å². The van der Waals surface area contributed by atoms with E-state index in [-0.39, 0.29) is 0 Å². The molecule has 0 aliphatic heterocycles. The van der Waals surface area contributed by atoms with E-state index in [9.17, 15) is 0 Å². The van der Waals surface area contributed by atoms with Crippen LogP contribution in [0.4, 0.5) is 0 Å². The minimum absolute atomic E-state index is 0.421. The molecule has 0 spiro atoms. The van der Waals surface area contributed by atoms with Gasteiger partial charge in [-0.3, -0.25) is 0 Å². The highest BCUT2D eigenvalue weighted by Crippen LogP contribution is 1.86. The van der Waals surface area contributed by atoms with Gasteiger partial charge in [0.1, 0.15) is 0 Å². The summed E-state index contributed by atoms with van der Waals surface area (Å²) in [4.78, 5) is 2.06. The second kappa shape index (κ2) is 4.16. The van der Waals surface area contributed by atoms with Crippen molar-refractivity contribution in [3.63, 3.8) is 0 Å². The maximum Gasteiger partial charge on any atom is 0.176 e. The molecule has 9 heavy (non-hydrogen) atoms. The molecule has 0 saturated carbocycles. The highest BCUT2D eigenvalue weighted by Gasteiger charge is 2.00. The Morgan fingerprint density at radius 1 is 1.67 bits per heavy atom. The average Bonchev–Trinajstić information content (AvgIpc) is 1.82. The van der Waals surface area contributed by atoms with E-state index in [1.54, 1.807) is 0 Å². The Labute approximate surface area is 56.3 Å². The van der Waals surface area contributed by atoms with Crippen LogP contribution in [-0.2, 0) is 0 Å². The molecule has 3 heteroatoms. The van der Waals surface area contributed by atoms with Crippen LogP contribution in [0.2, 0.25) is 0 Å². The van der Waals surface area contributed by atoms with Crippen LogP contribution >= 0.6 is 0 Å². The fourth-order valence-corrected chi connectivity index (χ4v) is 0.376. The molecule has 0 aromatic heterocycles. The number of nitriles is 1. The summed E-state index contributed by atoms with van der Waals surface area (Å²) in [6, 6.07) is 0.421. The maximum absolute atomic E-state index is 8.12. The van der Waals surface area contributed by atoms with Gasteiger partial charge in [0.15, 0.2) is 6.19 Å². The van der Waals surface area contributed by atoms with Crippen molar-refractivity contribution in [2.45, 2.75) is 13.0 Å². The van der Waals surface area contributed by atoms with Crippen molar-refractivity contribution in [1.29, 1.82) is 5.26 Å². The quantitative estimate of drug-likeness (QED) is 0.428. The minimum Gasteiger partial charge on any atom is -0.322 e. The van der Waals surface area contributed by atoms with Gasteiger partial charge < -0.3 is 10.2 Å². The summed E-state index contributed by atoms with van der Waals surface area (Å²) in [5.74, 6) is 0. The molecule has 0 bridgehead atoms. The maximum atomic E-state index is 8.12. The second-order valence-electron chi connectivity index (χ2n) is 2.31. The van der Waals surface area contributed by atoms with E-state index < -0.39 is 0 Å². The topological polar surface area (TPSA) is 39.1 Å². The zero-order chi connectivity index (χ0) is 7.28. The predicted molar refractivity (Wildman–Crippen MR) is 36.8 cm³/mol. The third-order valence-electron chi connectivity index (χ3n) is 1.36. The van der Waals surface area contributed by atoms with Crippen LogP contribution in [-0.4, -0.2) is 31.6 Å². The van der Waals surface area contributed by atoms with Crippen LogP contribution < -0.4 is 5.32 Å². The fraction of sp³-hybridized carbons (Fsp3) is 0.833. The van der Waals surface area contributed by atoms with Gasteiger partial charge in [-0.05, 0) is 21.0 Å². The number of rotatable bonds is 3. The molecule has 0 amide bonds. The van der Waals surface area contributed by atoms with E-state index in [1.165, 1.54) is 0 Å². The van der Waals surface area contributed by atoms with E-state index in [4.69, 9.17) is 5.26 Å². The van der Waals surface area contributed by atoms with Crippen LogP contribution in [0.1, 0.15) is 6.92 Å². The Hall–Kier alpha value is -0.750. The van der Waals surface area contributed by atoms with E-state index in [0.717, 1.165) is 6.54 Å². The first-order chi connectivity index (χ1) is 4.18. The first-order valence-corrected chi connectivity index (χ1v) is 2.97. The summed E-state index contributed by atoms with van der Waals surface area (Å²) in [5.41, 5.74) is 0. The predicted octanol–water partition coefficient (Wildman–Crippen LogP) is 0.00718. The Balaban J connectivity index is 3.29. The second-order valence-corrected chi connectivity index (χ2v) is 2.31. The van der Waals surface area contributed by atoms with Crippen molar-refractivity contribution < 1.29 is 0 Å². The summed E-state index contributed by atoms with van der Waals surface area (Å²) < 4.78 is 0. The highest BCUT2D eigenvalue weighted by atomic mass is 15.1. The molecule has 1 atom stereocenters. The third-order valence-corrected chi connectivity index (χ3v) is 1.36. The van der Waals surface area contributed by atoms with Crippen molar-refractivity contribution >= 4 is 0 Å². The molecule has 0 aliphatic rings. The lowest BCUT2D eigenvalue weighted by molar-refractivity contribution is 0.312. The smallest absolute Gasteiger partial charge is 0.176 e. The Morgan fingerprint density at radius 3 is 2.56 bits per heavy atom. The van der Waals surface area contributed by atoms with Crippen molar-refractivity contribution in [3.05, 3.63) is 0 Å². The average molecular weight is 127 g/mol. The van der Waals surface area contributed by atoms with E-state index >= 15 is 0 Å². The molecule has 3 nitrogen and oxygen atoms in total. The monoisotopic (exact) mass is 127 g/mol. The number of likely N-dealkylation sites (N-methyl/N-ethyl adjacent to an activating group) is 1. The van der Waals surface area contributed by atoms with Gasteiger partial charge in [-0.1, -0.05) is 0 Å². The number of nitrogens with one attached hydrogen (secondary N) is 1. The molecule has 1 unspecified atom stereocenters. The van der Waals surface area contributed by atoms with E-state index in [0.29, 0.717) is 6.04 Å². The zero-order valence-electron chi connectivity index (χ0n) is 6.18. The van der Waals surface area contributed by atoms with Gasteiger partial charge in [-0.15, -0.1) is 0 Å². The highest BCUT2D eigenvalue weighted by molar-refractivity contribution is 4.70. The number of hydrogen-bond acceptors (Lipinski definition) is 3. The molecule has 52 valence electrons. The Bertz CT molecular complexity index is 103. The number of hydrogen-bond donors (Lipinski definition) is 1. The summed E-state index contributed by atoms with van der Waals surface area (Å²) in [6.07, 6.45) is 1.88. The molecule has 0 heterocycles. The molecule has 0 saturated heterocycles. The van der Waals surface area contributed by atoms with Crippen molar-refractivity contribution in [3.8, 4) is 6.19 Å². The van der Waals surface area contributed by atoms with Gasteiger partial charge in [0.25, 0.3) is 0 Å². The lowest BCUT2D eigenvalue weighted by Crippen LogP contribution is -2.33. The summed E-state index contributed by atoms with van der Waals surface area (Å²) in [6.45, 7) is 2.79. The Kier molecular flexibility index (Phi) is 3.81. The molecule has 1 N–H and O–H groups in total. The molecule has 0 aromatic rings. The summed E-state index contributed by atoms with van der Waals surface area (Å²) >= 11 is 0. The summed E-state index contributed by atoms with van der Waals surface area (Å²) in [7, 11) is 3.98. The third kappa shape index (κ3) is 3.80. The Morgan fingerprint density at radius 2 is 2.22 bits per heavy atom. The lowest BCUT2D eigenvalue weighted by Gasteiger charge is -2.17. The zero-order valence-corrected chi connectivity index (χ0v) is 6.18. The first-order valence-electron chi connectivity index (χ1n) is 2.97. The fourth-order valence-electron chi connectivity index (χ4n) is 0.376. The minimum atomic E-state index is 0.421. The van der Waals surface area contributed by atoms with Crippen LogP contribution in [0, 0.1) is 11.5 Å². The van der Waals surface area contributed by atoms with Crippen molar-refractivity contribution in [2.24, 2.45) is 0 Å². The van der Waals surface area contributed by atoms with Crippen LogP contribution in [0.5, 0.6) is 0 Å². The van der Waals surface area contributed by atoms with E-state index in [2.05, 4.69) is 17.1 Å². The summed E-state index contributed by atoms with van der Waals surface area (Å²) in [5, 5.41) is 10.7. The first kappa shape index (κ1) is 8.25. The van der Waals surface area contributed by atoms with Crippen LogP contribution in [0.25, 0.3) is 0 Å². The standard InChI is InChI=1S/C6H13N3/c1-6(9(2)3)4-8-5-7/h6,8H,4H2,1-3H3. The van der Waals surface area contributed by atoms with Crippen molar-refractivity contribution in [2.75, 3.05) is 20.6 Å². The van der Waals surface area contributed by atoms with Crippen molar-refractivity contribution in [1.82, 2.24) is 10.2 Å². The molecule has 0 rings (SSSR count). The van der Waals surface area contributed by atoms with Gasteiger partial charge in [-0.2, -0.15) is 5.26 Å². The van der Waals surface area contributed by atoms with E-state index in [1.807, 2.05) is 20.3 Å². The van der Waals surface area contributed by atoms with Gasteiger partial charge in [-0.25, -0.2) is 0 Å². The molecular weight excluding hydrogens is 114 g/mol. The molecule has 0 fully saturated rings. The number of nitrogens with zero attached hydrogens (tertiary/aromatic N) is 2. The molecule has 0 aromatic carbocycles. The molecule has 0 aliphatic carbocycles. The molecule has 0 radical (unpaired) electrons. The van der Waals surface area contributed by atoms with Crippen LogP contribution in [0.3, 0.4) is 0 Å². The van der Waals surface area contributed by atoms with Gasteiger partial charge in [0.05, 0.1) is 0 Å². The normalized spacial score (nSPS) is 12.8. The largest absolute Gasteiger partial charge is 0.322 e. The van der Waals surface area contributed by atoms with Gasteiger partial charge in [0, 0.05) is 12.6 Å². The van der Waals surface area contributed by atoms with Gasteiger partial charge in [0.2, 0.25) is 0 Å². The lowest BCUT2D eigenvalue weighted by atomic mass is 10.3. The molecular formula is C6H13N3. The SMILES string of the molecule is CC(CNC#N)N(C)C. The van der Waals surface area contributed by atoms with Gasteiger partial charge >= 0.3 is 0 Å².